The fraction of sp³-hybridized carbons (Fsp3) is 0.529. The van der Waals surface area contributed by atoms with E-state index < -0.39 is 6.04 Å². The summed E-state index contributed by atoms with van der Waals surface area (Å²) in [5, 5.41) is 6.20. The molecule has 2 N–H and O–H groups in total. The Hall–Kier alpha value is -2.08. The van der Waals surface area contributed by atoms with Crippen LogP contribution in [0.15, 0.2) is 24.3 Å². The first-order chi connectivity index (χ1) is 11.2. The van der Waals surface area contributed by atoms with Gasteiger partial charge in [0.2, 0.25) is 11.8 Å². The summed E-state index contributed by atoms with van der Waals surface area (Å²) < 4.78 is 5.31. The van der Waals surface area contributed by atoms with Crippen LogP contribution in [0.5, 0.6) is 5.75 Å². The topological polar surface area (TPSA) is 70.7 Å². The Morgan fingerprint density at radius 1 is 1.35 bits per heavy atom. The third kappa shape index (κ3) is 3.82. The zero-order chi connectivity index (χ0) is 16.2. The molecule has 2 amide bonds. The number of rotatable bonds is 5. The number of carbonyl (C=O) groups excluding carboxylic acids is 2. The molecule has 0 unspecified atom stereocenters. The number of nitrogens with zero attached hydrogens (tertiary/aromatic N) is 1. The van der Waals surface area contributed by atoms with Gasteiger partial charge in [0.15, 0.2) is 0 Å². The summed E-state index contributed by atoms with van der Waals surface area (Å²) in [6, 6.07) is 7.38. The van der Waals surface area contributed by atoms with Crippen molar-refractivity contribution in [1.29, 1.82) is 0 Å². The average molecular weight is 317 g/mol. The van der Waals surface area contributed by atoms with Gasteiger partial charge >= 0.3 is 0 Å². The van der Waals surface area contributed by atoms with Crippen LogP contribution in [0.4, 0.5) is 0 Å². The van der Waals surface area contributed by atoms with E-state index in [-0.39, 0.29) is 18.2 Å². The van der Waals surface area contributed by atoms with E-state index in [0.717, 1.165) is 18.4 Å². The quantitative estimate of drug-likeness (QED) is 0.820. The molecule has 1 saturated heterocycles. The van der Waals surface area contributed by atoms with Gasteiger partial charge in [-0.25, -0.2) is 0 Å². The highest BCUT2D eigenvalue weighted by molar-refractivity contribution is 5.89. The van der Waals surface area contributed by atoms with Crippen LogP contribution in [-0.4, -0.2) is 55.5 Å². The molecule has 2 aliphatic rings. The number of piperazine rings is 1. The van der Waals surface area contributed by atoms with E-state index in [1.807, 2.05) is 24.3 Å². The van der Waals surface area contributed by atoms with Gasteiger partial charge in [0, 0.05) is 31.2 Å². The molecule has 3 rings (SSSR count). The van der Waals surface area contributed by atoms with Gasteiger partial charge in [0.25, 0.3) is 0 Å². The minimum Gasteiger partial charge on any atom is -0.496 e. The lowest BCUT2D eigenvalue weighted by molar-refractivity contribution is -0.141. The number of hydrogen-bond acceptors (Lipinski definition) is 4. The van der Waals surface area contributed by atoms with Crippen LogP contribution in [-0.2, 0) is 16.0 Å². The molecule has 1 saturated carbocycles. The maximum atomic E-state index is 12.7. The van der Waals surface area contributed by atoms with Gasteiger partial charge in [0.1, 0.15) is 11.8 Å². The SMILES string of the molecule is COc1ccccc1CC(=O)N1CCNC[C@@H]1C(=O)NC1CC1. The summed E-state index contributed by atoms with van der Waals surface area (Å²) in [6.07, 6.45) is 2.33. The van der Waals surface area contributed by atoms with Crippen LogP contribution < -0.4 is 15.4 Å². The second kappa shape index (κ2) is 7.00. The molecule has 2 fully saturated rings. The first-order valence-electron chi connectivity index (χ1n) is 8.11. The fourth-order valence-electron chi connectivity index (χ4n) is 2.88. The fourth-order valence-corrected chi connectivity index (χ4v) is 2.88. The number of amides is 2. The molecule has 0 aromatic heterocycles. The Balaban J connectivity index is 1.69. The van der Waals surface area contributed by atoms with Crippen molar-refractivity contribution in [2.24, 2.45) is 0 Å². The third-order valence-corrected chi connectivity index (χ3v) is 4.32. The van der Waals surface area contributed by atoms with Gasteiger partial charge in [-0.3, -0.25) is 9.59 Å². The molecule has 1 aromatic carbocycles. The predicted molar refractivity (Wildman–Crippen MR) is 86.2 cm³/mol. The maximum Gasteiger partial charge on any atom is 0.244 e. The Morgan fingerprint density at radius 3 is 2.87 bits per heavy atom. The summed E-state index contributed by atoms with van der Waals surface area (Å²) in [4.78, 5) is 26.8. The molecule has 1 heterocycles. The van der Waals surface area contributed by atoms with Gasteiger partial charge in [-0.05, 0) is 18.9 Å². The van der Waals surface area contributed by atoms with Crippen molar-refractivity contribution >= 4 is 11.8 Å². The molecular formula is C17H23N3O3. The zero-order valence-electron chi connectivity index (χ0n) is 13.4. The Morgan fingerprint density at radius 2 is 2.13 bits per heavy atom. The summed E-state index contributed by atoms with van der Waals surface area (Å²) in [5.41, 5.74) is 0.847. The van der Waals surface area contributed by atoms with Gasteiger partial charge in [-0.15, -0.1) is 0 Å². The van der Waals surface area contributed by atoms with E-state index in [1.54, 1.807) is 12.0 Å². The van der Waals surface area contributed by atoms with Crippen molar-refractivity contribution in [3.05, 3.63) is 29.8 Å². The van der Waals surface area contributed by atoms with E-state index in [2.05, 4.69) is 10.6 Å². The lowest BCUT2D eigenvalue weighted by Crippen LogP contribution is -2.60. The molecular weight excluding hydrogens is 294 g/mol. The van der Waals surface area contributed by atoms with Crippen molar-refractivity contribution in [2.75, 3.05) is 26.7 Å². The third-order valence-electron chi connectivity index (χ3n) is 4.32. The Kier molecular flexibility index (Phi) is 4.81. The highest BCUT2D eigenvalue weighted by Crippen LogP contribution is 2.21. The second-order valence-corrected chi connectivity index (χ2v) is 6.08. The predicted octanol–water partition coefficient (Wildman–Crippen LogP) is 0.317. The molecule has 0 bridgehead atoms. The highest BCUT2D eigenvalue weighted by atomic mass is 16.5. The van der Waals surface area contributed by atoms with E-state index in [9.17, 15) is 9.59 Å². The summed E-state index contributed by atoms with van der Waals surface area (Å²) in [5.74, 6) is 0.620. The molecule has 124 valence electrons. The van der Waals surface area contributed by atoms with Crippen molar-refractivity contribution in [3.8, 4) is 5.75 Å². The average Bonchev–Trinajstić information content (AvgIpc) is 3.39. The second-order valence-electron chi connectivity index (χ2n) is 6.08. The summed E-state index contributed by atoms with van der Waals surface area (Å²) >= 11 is 0. The smallest absolute Gasteiger partial charge is 0.244 e. The van der Waals surface area contributed by atoms with E-state index in [4.69, 9.17) is 4.74 Å². The lowest BCUT2D eigenvalue weighted by atomic mass is 10.1. The van der Waals surface area contributed by atoms with Crippen LogP contribution in [0, 0.1) is 0 Å². The van der Waals surface area contributed by atoms with Gasteiger partial charge in [-0.1, -0.05) is 18.2 Å². The normalized spacial score (nSPS) is 20.9. The first-order valence-corrected chi connectivity index (χ1v) is 8.11. The van der Waals surface area contributed by atoms with E-state index in [1.165, 1.54) is 0 Å². The summed E-state index contributed by atoms with van der Waals surface area (Å²) in [6.45, 7) is 1.78. The van der Waals surface area contributed by atoms with Crippen molar-refractivity contribution < 1.29 is 14.3 Å². The van der Waals surface area contributed by atoms with Crippen molar-refractivity contribution in [1.82, 2.24) is 15.5 Å². The van der Waals surface area contributed by atoms with Gasteiger partial charge in [-0.2, -0.15) is 0 Å². The monoisotopic (exact) mass is 317 g/mol. The standard InChI is InChI=1S/C17H23N3O3/c1-23-15-5-3-2-4-12(15)10-16(21)20-9-8-18-11-14(20)17(22)19-13-6-7-13/h2-5,13-14,18H,6-11H2,1H3,(H,19,22)/t14-/m1/s1. The molecule has 1 aromatic rings. The highest BCUT2D eigenvalue weighted by Gasteiger charge is 2.34. The number of methoxy groups -OCH3 is 1. The molecule has 0 spiro atoms. The number of hydrogen-bond donors (Lipinski definition) is 2. The van der Waals surface area contributed by atoms with Gasteiger partial charge in [0.05, 0.1) is 13.5 Å². The maximum absolute atomic E-state index is 12.7. The van der Waals surface area contributed by atoms with Crippen molar-refractivity contribution in [3.63, 3.8) is 0 Å². The Labute approximate surface area is 136 Å². The minimum atomic E-state index is -0.424. The zero-order valence-corrected chi connectivity index (χ0v) is 13.4. The largest absolute Gasteiger partial charge is 0.496 e. The number of para-hydroxylation sites is 1. The van der Waals surface area contributed by atoms with Crippen LogP contribution >= 0.6 is 0 Å². The van der Waals surface area contributed by atoms with Crippen LogP contribution in [0.25, 0.3) is 0 Å². The number of nitrogens with one attached hydrogen (secondary N) is 2. The van der Waals surface area contributed by atoms with E-state index in [0.29, 0.717) is 31.4 Å². The van der Waals surface area contributed by atoms with Crippen LogP contribution in [0.3, 0.4) is 0 Å². The Bertz CT molecular complexity index is 586. The molecule has 6 nitrogen and oxygen atoms in total. The first kappa shape index (κ1) is 15.8. The van der Waals surface area contributed by atoms with Crippen molar-refractivity contribution in [2.45, 2.75) is 31.3 Å². The number of carbonyl (C=O) groups is 2. The molecule has 23 heavy (non-hydrogen) atoms. The molecule has 1 aliphatic carbocycles. The molecule has 1 aliphatic heterocycles. The number of ether oxygens (including phenoxy) is 1. The molecule has 1 atom stereocenters. The van der Waals surface area contributed by atoms with E-state index >= 15 is 0 Å². The molecule has 0 radical (unpaired) electrons. The van der Waals surface area contributed by atoms with Gasteiger partial charge < -0.3 is 20.3 Å². The lowest BCUT2D eigenvalue weighted by Gasteiger charge is -2.35. The van der Waals surface area contributed by atoms with Crippen LogP contribution in [0.1, 0.15) is 18.4 Å². The minimum absolute atomic E-state index is 0.0352. The summed E-state index contributed by atoms with van der Waals surface area (Å²) in [7, 11) is 1.60. The van der Waals surface area contributed by atoms with Crippen LogP contribution in [0.2, 0.25) is 0 Å². The molecule has 6 heteroatoms. The number of benzene rings is 1.